The number of aryl methyl sites for hydroxylation is 1. The molecule has 0 radical (unpaired) electrons. The van der Waals surface area contributed by atoms with Crippen molar-refractivity contribution >= 4 is 23.2 Å². The summed E-state index contributed by atoms with van der Waals surface area (Å²) in [7, 11) is 0. The van der Waals surface area contributed by atoms with Crippen molar-refractivity contribution in [1.82, 2.24) is 0 Å². The third-order valence-corrected chi connectivity index (χ3v) is 4.27. The molecule has 5 heteroatoms. The molecule has 1 aliphatic heterocycles. The Labute approximate surface area is 141 Å². The first kappa shape index (κ1) is 16.1. The Balaban J connectivity index is 1.67. The quantitative estimate of drug-likeness (QED) is 0.910. The van der Waals surface area contributed by atoms with Gasteiger partial charge in [-0.2, -0.15) is 0 Å². The van der Waals surface area contributed by atoms with E-state index in [1.165, 1.54) is 0 Å². The van der Waals surface area contributed by atoms with Crippen LogP contribution in [-0.2, 0) is 9.59 Å². The van der Waals surface area contributed by atoms with Gasteiger partial charge >= 0.3 is 0 Å². The maximum Gasteiger partial charge on any atom is 0.231 e. The Kier molecular flexibility index (Phi) is 4.51. The van der Waals surface area contributed by atoms with Gasteiger partial charge < -0.3 is 15.4 Å². The Morgan fingerprint density at radius 1 is 1.21 bits per heavy atom. The van der Waals surface area contributed by atoms with Gasteiger partial charge in [0.15, 0.2) is 0 Å². The first-order valence-electron chi connectivity index (χ1n) is 7.93. The summed E-state index contributed by atoms with van der Waals surface area (Å²) in [5.41, 5.74) is 3.55. The predicted molar refractivity (Wildman–Crippen MR) is 93.2 cm³/mol. The molecule has 124 valence electrons. The lowest BCUT2D eigenvalue weighted by Gasteiger charge is -2.14. The van der Waals surface area contributed by atoms with Gasteiger partial charge in [0, 0.05) is 12.1 Å². The molecule has 0 aromatic heterocycles. The van der Waals surface area contributed by atoms with Crippen molar-refractivity contribution in [3.8, 4) is 5.75 Å². The zero-order valence-corrected chi connectivity index (χ0v) is 13.8. The third kappa shape index (κ3) is 3.40. The number of hydrogen-bond acceptors (Lipinski definition) is 3. The minimum Gasteiger partial charge on any atom is -0.491 e. The van der Waals surface area contributed by atoms with Crippen molar-refractivity contribution in [3.63, 3.8) is 0 Å². The van der Waals surface area contributed by atoms with E-state index in [0.717, 1.165) is 16.8 Å². The van der Waals surface area contributed by atoms with Gasteiger partial charge in [-0.1, -0.05) is 24.3 Å². The summed E-state index contributed by atoms with van der Waals surface area (Å²) in [6.07, 6.45) is 0.0766. The van der Waals surface area contributed by atoms with Gasteiger partial charge in [0.05, 0.1) is 11.6 Å². The number of amides is 2. The average molecular weight is 324 g/mol. The van der Waals surface area contributed by atoms with E-state index in [-0.39, 0.29) is 24.8 Å². The van der Waals surface area contributed by atoms with E-state index >= 15 is 0 Å². The highest BCUT2D eigenvalue weighted by atomic mass is 16.5. The molecule has 3 rings (SSSR count). The molecule has 0 saturated carbocycles. The van der Waals surface area contributed by atoms with Gasteiger partial charge in [-0.15, -0.1) is 0 Å². The molecule has 0 fully saturated rings. The van der Waals surface area contributed by atoms with Crippen LogP contribution < -0.4 is 15.4 Å². The predicted octanol–water partition coefficient (Wildman–Crippen LogP) is 3.28. The largest absolute Gasteiger partial charge is 0.491 e. The van der Waals surface area contributed by atoms with Gasteiger partial charge in [0.25, 0.3) is 0 Å². The number of carbonyl (C=O) groups excluding carboxylic acids is 2. The molecule has 0 spiro atoms. The van der Waals surface area contributed by atoms with E-state index in [1.807, 2.05) is 44.2 Å². The fourth-order valence-corrected chi connectivity index (χ4v) is 2.66. The zero-order valence-electron chi connectivity index (χ0n) is 13.8. The first-order valence-corrected chi connectivity index (χ1v) is 7.93. The lowest BCUT2D eigenvalue weighted by atomic mass is 10.0. The molecular formula is C19H20N2O3. The zero-order chi connectivity index (χ0) is 17.1. The summed E-state index contributed by atoms with van der Waals surface area (Å²) in [5.74, 6) is -0.291. The lowest BCUT2D eigenvalue weighted by molar-refractivity contribution is -0.125. The van der Waals surface area contributed by atoms with Crippen LogP contribution in [0.3, 0.4) is 0 Å². The number of ether oxygens (including phenoxy) is 1. The van der Waals surface area contributed by atoms with Crippen LogP contribution in [0.15, 0.2) is 42.5 Å². The smallest absolute Gasteiger partial charge is 0.231 e. The average Bonchev–Trinajstić information content (AvgIpc) is 2.71. The summed E-state index contributed by atoms with van der Waals surface area (Å²) in [5, 5.41) is 5.70. The molecule has 2 aromatic carbocycles. The Bertz CT molecular complexity index is 786. The Hall–Kier alpha value is -2.82. The SMILES string of the molecule is Cc1cccc(NC(=O)C[C@@H]2COc3ccccc3NC2=O)c1C. The molecule has 2 amide bonds. The highest BCUT2D eigenvalue weighted by Crippen LogP contribution is 2.28. The van der Waals surface area contributed by atoms with Crippen LogP contribution in [0.5, 0.6) is 5.75 Å². The van der Waals surface area contributed by atoms with Crippen LogP contribution in [-0.4, -0.2) is 18.4 Å². The van der Waals surface area contributed by atoms with Crippen molar-refractivity contribution in [3.05, 3.63) is 53.6 Å². The van der Waals surface area contributed by atoms with Crippen molar-refractivity contribution in [2.45, 2.75) is 20.3 Å². The van der Waals surface area contributed by atoms with Crippen LogP contribution >= 0.6 is 0 Å². The van der Waals surface area contributed by atoms with E-state index in [4.69, 9.17) is 4.74 Å². The molecule has 0 unspecified atom stereocenters. The van der Waals surface area contributed by atoms with Crippen molar-refractivity contribution in [1.29, 1.82) is 0 Å². The normalized spacial score (nSPS) is 16.4. The van der Waals surface area contributed by atoms with Gasteiger partial charge in [-0.25, -0.2) is 0 Å². The van der Waals surface area contributed by atoms with E-state index in [0.29, 0.717) is 11.4 Å². The standard InChI is InChI=1S/C19H20N2O3/c1-12-6-5-8-15(13(12)2)20-18(22)10-14-11-24-17-9-4-3-7-16(17)21-19(14)23/h3-9,14H,10-11H2,1-2H3,(H,20,22)(H,21,23)/t14-/m1/s1. The summed E-state index contributed by atoms with van der Waals surface area (Å²) in [4.78, 5) is 24.6. The second kappa shape index (κ2) is 6.74. The van der Waals surface area contributed by atoms with Crippen molar-refractivity contribution in [2.75, 3.05) is 17.2 Å². The number of fused-ring (bicyclic) bond motifs is 1. The van der Waals surface area contributed by atoms with Crippen LogP contribution in [0.4, 0.5) is 11.4 Å². The molecule has 0 saturated heterocycles. The van der Waals surface area contributed by atoms with Crippen LogP contribution in [0.1, 0.15) is 17.5 Å². The number of para-hydroxylation sites is 2. The van der Waals surface area contributed by atoms with Gasteiger partial charge in [-0.3, -0.25) is 9.59 Å². The molecule has 0 aliphatic carbocycles. The number of rotatable bonds is 3. The number of hydrogen-bond donors (Lipinski definition) is 2. The van der Waals surface area contributed by atoms with Crippen molar-refractivity contribution < 1.29 is 14.3 Å². The van der Waals surface area contributed by atoms with Crippen molar-refractivity contribution in [2.24, 2.45) is 5.92 Å². The second-order valence-corrected chi connectivity index (χ2v) is 5.99. The molecule has 2 aromatic rings. The summed E-state index contributed by atoms with van der Waals surface area (Å²) in [6.45, 7) is 4.14. The van der Waals surface area contributed by atoms with Gasteiger partial charge in [0.2, 0.25) is 11.8 Å². The van der Waals surface area contributed by atoms with E-state index in [2.05, 4.69) is 10.6 Å². The molecule has 2 N–H and O–H groups in total. The van der Waals surface area contributed by atoms with Gasteiger partial charge in [-0.05, 0) is 43.2 Å². The Morgan fingerprint density at radius 2 is 2.00 bits per heavy atom. The summed E-state index contributed by atoms with van der Waals surface area (Å²) in [6, 6.07) is 13.0. The topological polar surface area (TPSA) is 67.4 Å². The van der Waals surface area contributed by atoms with E-state index in [9.17, 15) is 9.59 Å². The molecule has 1 atom stereocenters. The number of anilines is 2. The fourth-order valence-electron chi connectivity index (χ4n) is 2.66. The maximum absolute atomic E-state index is 12.3. The number of nitrogens with one attached hydrogen (secondary N) is 2. The van der Waals surface area contributed by atoms with E-state index < -0.39 is 5.92 Å². The molecule has 1 aliphatic rings. The summed E-state index contributed by atoms with van der Waals surface area (Å²) < 4.78 is 5.66. The maximum atomic E-state index is 12.3. The number of benzene rings is 2. The molecule has 24 heavy (non-hydrogen) atoms. The third-order valence-electron chi connectivity index (χ3n) is 4.27. The fraction of sp³-hybridized carbons (Fsp3) is 0.263. The van der Waals surface area contributed by atoms with Gasteiger partial charge in [0.1, 0.15) is 12.4 Å². The van der Waals surface area contributed by atoms with Crippen LogP contribution in [0, 0.1) is 19.8 Å². The summed E-state index contributed by atoms with van der Waals surface area (Å²) >= 11 is 0. The van der Waals surface area contributed by atoms with Crippen LogP contribution in [0.25, 0.3) is 0 Å². The highest BCUT2D eigenvalue weighted by molar-refractivity contribution is 5.99. The highest BCUT2D eigenvalue weighted by Gasteiger charge is 2.27. The monoisotopic (exact) mass is 324 g/mol. The second-order valence-electron chi connectivity index (χ2n) is 5.99. The minimum atomic E-state index is -0.525. The first-order chi connectivity index (χ1) is 11.5. The van der Waals surface area contributed by atoms with E-state index in [1.54, 1.807) is 12.1 Å². The number of carbonyl (C=O) groups is 2. The minimum absolute atomic E-state index is 0.0766. The lowest BCUT2D eigenvalue weighted by Crippen LogP contribution is -2.29. The Morgan fingerprint density at radius 3 is 2.83 bits per heavy atom. The molecular weight excluding hydrogens is 304 g/mol. The molecule has 0 bridgehead atoms. The van der Waals surface area contributed by atoms with Crippen LogP contribution in [0.2, 0.25) is 0 Å². The molecule has 1 heterocycles. The molecule has 5 nitrogen and oxygen atoms in total.